The Hall–Kier alpha value is -2.81. The maximum atomic E-state index is 13.8. The fourth-order valence-electron chi connectivity index (χ4n) is 9.65. The lowest BCUT2D eigenvalue weighted by molar-refractivity contribution is -0.201. The van der Waals surface area contributed by atoms with Crippen LogP contribution in [-0.4, -0.2) is 46.2 Å². The highest BCUT2D eigenvalue weighted by atomic mass is 35.5. The van der Waals surface area contributed by atoms with E-state index >= 15 is 0 Å². The van der Waals surface area contributed by atoms with Crippen molar-refractivity contribution in [3.05, 3.63) is 88.0 Å². The number of benzene rings is 2. The second-order valence-electron chi connectivity index (χ2n) is 13.6. The fraction of sp³-hybridized carbons (Fsp3) is 0.486. The van der Waals surface area contributed by atoms with Crippen LogP contribution < -0.4 is 5.73 Å². The maximum absolute atomic E-state index is 13.8. The number of nitrogen functional groups attached to an aromatic ring is 1. The van der Waals surface area contributed by atoms with E-state index in [-0.39, 0.29) is 23.5 Å². The number of hydrogen-bond acceptors (Lipinski definition) is 7. The SMILES string of the molecule is C[C@]12C=CC(=O)C=C1CC[C@@H]1[C@@H]2[C@@H](O)C[C@@]2(C)[C@H]1C[C@H]1O[C@H](c3cc(Cc4cccc(N)c4)ccc3Cl)O[C@]12C(=O)CO. The predicted octanol–water partition coefficient (Wildman–Crippen LogP) is 5.12. The minimum absolute atomic E-state index is 0.00701. The zero-order chi connectivity index (χ0) is 30.3. The summed E-state index contributed by atoms with van der Waals surface area (Å²) in [6, 6.07) is 13.4. The molecular formula is C35H38ClNO6. The molecule has 0 bridgehead atoms. The molecule has 226 valence electrons. The van der Waals surface area contributed by atoms with Crippen molar-refractivity contribution in [2.75, 3.05) is 12.3 Å². The average Bonchev–Trinajstić information content (AvgIpc) is 3.46. The summed E-state index contributed by atoms with van der Waals surface area (Å²) in [7, 11) is 0. The predicted molar refractivity (Wildman–Crippen MR) is 162 cm³/mol. The number of ketones is 2. The highest BCUT2D eigenvalue weighted by Crippen LogP contribution is 2.70. The summed E-state index contributed by atoms with van der Waals surface area (Å²) in [5, 5.41) is 22.6. The van der Waals surface area contributed by atoms with Gasteiger partial charge in [0.25, 0.3) is 0 Å². The van der Waals surface area contributed by atoms with Crippen LogP contribution in [0.15, 0.2) is 66.3 Å². The van der Waals surface area contributed by atoms with Crippen LogP contribution in [0.25, 0.3) is 0 Å². The second-order valence-corrected chi connectivity index (χ2v) is 14.0. The number of rotatable bonds is 5. The Kier molecular flexibility index (Phi) is 6.80. The largest absolute Gasteiger partial charge is 0.399 e. The van der Waals surface area contributed by atoms with Gasteiger partial charge in [0.2, 0.25) is 0 Å². The van der Waals surface area contributed by atoms with Gasteiger partial charge in [0.1, 0.15) is 6.61 Å². The third-order valence-corrected chi connectivity index (χ3v) is 11.8. The van der Waals surface area contributed by atoms with Gasteiger partial charge < -0.3 is 25.4 Å². The molecule has 5 aliphatic rings. The van der Waals surface area contributed by atoms with Gasteiger partial charge in [0.05, 0.1) is 12.2 Å². The van der Waals surface area contributed by atoms with Gasteiger partial charge in [-0.3, -0.25) is 9.59 Å². The molecule has 4 fully saturated rings. The Bertz CT molecular complexity index is 1570. The van der Waals surface area contributed by atoms with E-state index in [1.54, 1.807) is 12.2 Å². The zero-order valence-corrected chi connectivity index (χ0v) is 25.2. The first-order chi connectivity index (χ1) is 20.5. The van der Waals surface area contributed by atoms with Crippen LogP contribution >= 0.6 is 11.6 Å². The summed E-state index contributed by atoms with van der Waals surface area (Å²) in [5.74, 6) is -0.402. The molecule has 0 radical (unpaired) electrons. The van der Waals surface area contributed by atoms with Crippen LogP contribution in [0.1, 0.15) is 62.5 Å². The van der Waals surface area contributed by atoms with Crippen molar-refractivity contribution in [3.63, 3.8) is 0 Å². The number of carbonyl (C=O) groups excluding carboxylic acids is 2. The Morgan fingerprint density at radius 2 is 1.95 bits per heavy atom. The number of aliphatic hydroxyl groups is 2. The molecule has 4 aliphatic carbocycles. The molecule has 2 aromatic rings. The Balaban J connectivity index is 1.23. The van der Waals surface area contributed by atoms with Crippen LogP contribution in [0.2, 0.25) is 5.02 Å². The van der Waals surface area contributed by atoms with Crippen LogP contribution in [0.3, 0.4) is 0 Å². The lowest BCUT2D eigenvalue weighted by atomic mass is 9.46. The number of halogens is 1. The molecule has 9 atom stereocenters. The summed E-state index contributed by atoms with van der Waals surface area (Å²) in [4.78, 5) is 26.0. The highest BCUT2D eigenvalue weighted by molar-refractivity contribution is 6.31. The lowest BCUT2D eigenvalue weighted by Crippen LogP contribution is -2.63. The van der Waals surface area contributed by atoms with E-state index in [4.69, 9.17) is 26.8 Å². The molecule has 4 N–H and O–H groups in total. The summed E-state index contributed by atoms with van der Waals surface area (Å²) in [5.41, 5.74) is 7.81. The molecule has 43 heavy (non-hydrogen) atoms. The first-order valence-corrected chi connectivity index (χ1v) is 15.6. The smallest absolute Gasteiger partial charge is 0.193 e. The standard InChI is InChI=1S/C35H38ClNO6/c1-33-11-10-23(39)15-21(33)7-8-24-26-16-30-35(29(41)18-38,34(26,2)17-28(40)31(24)33)43-32(42-30)25-14-20(6-9-27(25)36)12-19-4-3-5-22(37)13-19/h3-6,9-11,13-15,24,26,28,30-32,38,40H,7-8,12,16-18,37H2,1-2H3/t24-,26-,28-,30+,31+,32-,33-,34-,35+/m0/s1. The van der Waals surface area contributed by atoms with Crippen molar-refractivity contribution < 1.29 is 29.3 Å². The summed E-state index contributed by atoms with van der Waals surface area (Å²) < 4.78 is 13.4. The normalized spacial score (nSPS) is 39.5. The third kappa shape index (κ3) is 4.16. The molecule has 0 aromatic heterocycles. The van der Waals surface area contributed by atoms with E-state index in [2.05, 4.69) is 6.92 Å². The second kappa shape index (κ2) is 10.1. The number of Topliss-reactive ketones (excluding diaryl/α,β-unsaturated/α-hetero) is 1. The van der Waals surface area contributed by atoms with E-state index in [0.717, 1.165) is 29.5 Å². The number of fused-ring (bicyclic) bond motifs is 7. The number of ether oxygens (including phenoxy) is 2. The monoisotopic (exact) mass is 603 g/mol. The molecule has 1 heterocycles. The Morgan fingerprint density at radius 1 is 1.16 bits per heavy atom. The molecule has 8 heteroatoms. The van der Waals surface area contributed by atoms with Crippen LogP contribution in [0, 0.1) is 28.6 Å². The number of hydrogen-bond donors (Lipinski definition) is 3. The molecule has 0 amide bonds. The third-order valence-electron chi connectivity index (χ3n) is 11.5. The molecule has 7 nitrogen and oxygen atoms in total. The van der Waals surface area contributed by atoms with Crippen molar-refractivity contribution in [2.24, 2.45) is 28.6 Å². The van der Waals surface area contributed by atoms with Crippen LogP contribution in [-0.2, 0) is 25.5 Å². The average molecular weight is 604 g/mol. The number of carbonyl (C=O) groups is 2. The molecule has 2 aromatic carbocycles. The van der Waals surface area contributed by atoms with Gasteiger partial charge in [-0.25, -0.2) is 0 Å². The Morgan fingerprint density at radius 3 is 2.72 bits per heavy atom. The van der Waals surface area contributed by atoms with Crippen molar-refractivity contribution >= 4 is 28.9 Å². The minimum Gasteiger partial charge on any atom is -0.399 e. The minimum atomic E-state index is -1.42. The van der Waals surface area contributed by atoms with Crippen molar-refractivity contribution in [3.8, 4) is 0 Å². The molecule has 3 saturated carbocycles. The molecule has 1 saturated heterocycles. The fourth-order valence-corrected chi connectivity index (χ4v) is 9.85. The van der Waals surface area contributed by atoms with E-state index in [9.17, 15) is 19.8 Å². The summed E-state index contributed by atoms with van der Waals surface area (Å²) >= 11 is 6.71. The van der Waals surface area contributed by atoms with Crippen molar-refractivity contribution in [2.45, 2.75) is 70.1 Å². The number of nitrogens with two attached hydrogens (primary N) is 1. The van der Waals surface area contributed by atoms with E-state index in [1.165, 1.54) is 0 Å². The van der Waals surface area contributed by atoms with Gasteiger partial charge in [-0.15, -0.1) is 0 Å². The van der Waals surface area contributed by atoms with E-state index in [1.807, 2.05) is 55.5 Å². The van der Waals surface area contributed by atoms with Crippen molar-refractivity contribution in [1.29, 1.82) is 0 Å². The lowest BCUT2D eigenvalue weighted by Gasteiger charge is -2.59. The van der Waals surface area contributed by atoms with Gasteiger partial charge in [-0.05, 0) is 91.5 Å². The number of anilines is 1. The first-order valence-electron chi connectivity index (χ1n) is 15.2. The van der Waals surface area contributed by atoms with Gasteiger partial charge in [0, 0.05) is 33.0 Å². The highest BCUT2D eigenvalue weighted by Gasteiger charge is 2.76. The van der Waals surface area contributed by atoms with Gasteiger partial charge in [-0.2, -0.15) is 0 Å². The number of allylic oxidation sites excluding steroid dienone is 4. The van der Waals surface area contributed by atoms with Gasteiger partial charge in [-0.1, -0.05) is 55.3 Å². The van der Waals surface area contributed by atoms with Gasteiger partial charge in [0.15, 0.2) is 23.5 Å². The molecule has 0 spiro atoms. The number of aliphatic hydroxyl groups excluding tert-OH is 2. The van der Waals surface area contributed by atoms with Crippen LogP contribution in [0.5, 0.6) is 0 Å². The molecule has 0 unspecified atom stereocenters. The molecular weight excluding hydrogens is 566 g/mol. The first kappa shape index (κ1) is 28.9. The summed E-state index contributed by atoms with van der Waals surface area (Å²) in [6.07, 6.45) is 6.21. The Labute approximate surface area is 256 Å². The summed E-state index contributed by atoms with van der Waals surface area (Å²) in [6.45, 7) is 3.47. The topological polar surface area (TPSA) is 119 Å². The van der Waals surface area contributed by atoms with Crippen molar-refractivity contribution in [1.82, 2.24) is 0 Å². The molecule has 7 rings (SSSR count). The molecule has 1 aliphatic heterocycles. The van der Waals surface area contributed by atoms with Gasteiger partial charge >= 0.3 is 0 Å². The van der Waals surface area contributed by atoms with Crippen LogP contribution in [0.4, 0.5) is 5.69 Å². The zero-order valence-electron chi connectivity index (χ0n) is 24.5. The van der Waals surface area contributed by atoms with E-state index in [0.29, 0.717) is 35.5 Å². The van der Waals surface area contributed by atoms with E-state index < -0.39 is 47.3 Å². The maximum Gasteiger partial charge on any atom is 0.193 e. The quantitative estimate of drug-likeness (QED) is 0.406.